The zero-order valence-corrected chi connectivity index (χ0v) is 12.0. The molecule has 0 aliphatic carbocycles. The normalized spacial score (nSPS) is 12.4. The molecule has 0 aromatic heterocycles. The highest BCUT2D eigenvalue weighted by Crippen LogP contribution is 2.28. The predicted octanol–water partition coefficient (Wildman–Crippen LogP) is 4.32. The van der Waals surface area contributed by atoms with Gasteiger partial charge in [0.15, 0.2) is 0 Å². The van der Waals surface area contributed by atoms with E-state index in [1.807, 2.05) is 6.07 Å². The molecule has 2 heteroatoms. The molecule has 2 nitrogen and oxygen atoms in total. The maximum atomic E-state index is 5.47. The molecule has 0 radical (unpaired) electrons. The molecule has 102 valence electrons. The van der Waals surface area contributed by atoms with Crippen LogP contribution in [0.3, 0.4) is 0 Å². The lowest BCUT2D eigenvalue weighted by Crippen LogP contribution is -2.22. The van der Waals surface area contributed by atoms with Crippen LogP contribution in [-0.4, -0.2) is 13.7 Å². The first-order valence-corrected chi connectivity index (χ1v) is 7.19. The summed E-state index contributed by atoms with van der Waals surface area (Å²) in [5.74, 6) is 1.00. The molecular weight excluding hydrogens is 222 g/mol. The molecule has 0 spiro atoms. The molecule has 1 unspecified atom stereocenters. The molecule has 0 aliphatic heterocycles. The van der Waals surface area contributed by atoms with Crippen LogP contribution in [0.15, 0.2) is 24.3 Å². The summed E-state index contributed by atoms with van der Waals surface area (Å²) in [6, 6.07) is 8.78. The third kappa shape index (κ3) is 4.69. The van der Waals surface area contributed by atoms with E-state index in [1.165, 1.54) is 37.7 Å². The Morgan fingerprint density at radius 3 is 2.56 bits per heavy atom. The van der Waals surface area contributed by atoms with Crippen molar-refractivity contribution in [2.75, 3.05) is 13.7 Å². The highest BCUT2D eigenvalue weighted by atomic mass is 16.5. The van der Waals surface area contributed by atoms with Crippen LogP contribution in [-0.2, 0) is 0 Å². The van der Waals surface area contributed by atoms with E-state index < -0.39 is 0 Å². The number of hydrogen-bond donors (Lipinski definition) is 1. The van der Waals surface area contributed by atoms with E-state index in [2.05, 4.69) is 37.4 Å². The Bertz CT molecular complexity index is 325. The van der Waals surface area contributed by atoms with Crippen molar-refractivity contribution in [2.24, 2.45) is 0 Å². The molecule has 0 aliphatic rings. The lowest BCUT2D eigenvalue weighted by atomic mass is 9.99. The smallest absolute Gasteiger partial charge is 0.123 e. The molecule has 1 aromatic rings. The lowest BCUT2D eigenvalue weighted by molar-refractivity contribution is 0.392. The van der Waals surface area contributed by atoms with E-state index >= 15 is 0 Å². The van der Waals surface area contributed by atoms with Gasteiger partial charge in [-0.2, -0.15) is 0 Å². The first-order valence-electron chi connectivity index (χ1n) is 7.19. The van der Waals surface area contributed by atoms with Gasteiger partial charge in [-0.05, 0) is 25.5 Å². The quantitative estimate of drug-likeness (QED) is 0.658. The summed E-state index contributed by atoms with van der Waals surface area (Å²) in [4.78, 5) is 0. The second-order valence-electron chi connectivity index (χ2n) is 4.74. The van der Waals surface area contributed by atoms with Gasteiger partial charge in [-0.25, -0.2) is 0 Å². The van der Waals surface area contributed by atoms with Crippen molar-refractivity contribution in [1.82, 2.24) is 5.32 Å². The van der Waals surface area contributed by atoms with Crippen LogP contribution < -0.4 is 10.1 Å². The summed E-state index contributed by atoms with van der Waals surface area (Å²) in [5, 5.41) is 3.64. The highest BCUT2D eigenvalue weighted by Gasteiger charge is 2.14. The zero-order valence-electron chi connectivity index (χ0n) is 12.0. The van der Waals surface area contributed by atoms with Crippen molar-refractivity contribution in [3.8, 4) is 5.75 Å². The second-order valence-corrected chi connectivity index (χ2v) is 4.74. The van der Waals surface area contributed by atoms with Crippen molar-refractivity contribution >= 4 is 0 Å². The number of rotatable bonds is 9. The van der Waals surface area contributed by atoms with Crippen LogP contribution in [0.5, 0.6) is 5.75 Å². The molecule has 18 heavy (non-hydrogen) atoms. The van der Waals surface area contributed by atoms with Gasteiger partial charge in [0, 0.05) is 11.6 Å². The molecular formula is C16H27NO. The minimum atomic E-state index is 0.424. The van der Waals surface area contributed by atoms with Gasteiger partial charge >= 0.3 is 0 Å². The number of methoxy groups -OCH3 is 1. The summed E-state index contributed by atoms with van der Waals surface area (Å²) < 4.78 is 5.47. The maximum absolute atomic E-state index is 5.47. The summed E-state index contributed by atoms with van der Waals surface area (Å²) in [6.45, 7) is 5.52. The summed E-state index contributed by atoms with van der Waals surface area (Å²) in [6.07, 6.45) is 6.20. The van der Waals surface area contributed by atoms with Crippen LogP contribution >= 0.6 is 0 Å². The fourth-order valence-electron chi connectivity index (χ4n) is 2.24. The Morgan fingerprint density at radius 2 is 1.89 bits per heavy atom. The van der Waals surface area contributed by atoms with Gasteiger partial charge in [0.25, 0.3) is 0 Å². The van der Waals surface area contributed by atoms with Gasteiger partial charge in [-0.1, -0.05) is 51.3 Å². The number of benzene rings is 1. The minimum absolute atomic E-state index is 0.424. The third-order valence-electron chi connectivity index (χ3n) is 3.25. The van der Waals surface area contributed by atoms with Gasteiger partial charge in [0.2, 0.25) is 0 Å². The molecule has 0 bridgehead atoms. The van der Waals surface area contributed by atoms with E-state index in [0.717, 1.165) is 12.3 Å². The SMILES string of the molecule is CCCCCC(NCCC)c1ccccc1OC. The number of hydrogen-bond acceptors (Lipinski definition) is 2. The number of para-hydroxylation sites is 1. The van der Waals surface area contributed by atoms with Crippen LogP contribution in [0.2, 0.25) is 0 Å². The monoisotopic (exact) mass is 249 g/mol. The van der Waals surface area contributed by atoms with Crippen molar-refractivity contribution in [3.63, 3.8) is 0 Å². The van der Waals surface area contributed by atoms with Crippen LogP contribution in [0, 0.1) is 0 Å². The topological polar surface area (TPSA) is 21.3 Å². The van der Waals surface area contributed by atoms with Gasteiger partial charge in [-0.15, -0.1) is 0 Å². The van der Waals surface area contributed by atoms with E-state index in [9.17, 15) is 0 Å². The zero-order chi connectivity index (χ0) is 13.2. The lowest BCUT2D eigenvalue weighted by Gasteiger charge is -2.21. The second kappa shape index (κ2) is 8.98. The number of nitrogens with one attached hydrogen (secondary N) is 1. The van der Waals surface area contributed by atoms with Crippen LogP contribution in [0.1, 0.15) is 57.6 Å². The molecule has 0 fully saturated rings. The fourth-order valence-corrected chi connectivity index (χ4v) is 2.24. The van der Waals surface area contributed by atoms with Crippen molar-refractivity contribution in [2.45, 2.75) is 52.0 Å². The van der Waals surface area contributed by atoms with Crippen molar-refractivity contribution in [3.05, 3.63) is 29.8 Å². The van der Waals surface area contributed by atoms with Gasteiger partial charge in [0.05, 0.1) is 7.11 Å². The van der Waals surface area contributed by atoms with Crippen molar-refractivity contribution in [1.29, 1.82) is 0 Å². The predicted molar refractivity (Wildman–Crippen MR) is 78.2 cm³/mol. The van der Waals surface area contributed by atoms with E-state index in [1.54, 1.807) is 7.11 Å². The summed E-state index contributed by atoms with van der Waals surface area (Å²) in [7, 11) is 1.75. The molecule has 1 atom stereocenters. The average molecular weight is 249 g/mol. The van der Waals surface area contributed by atoms with Crippen LogP contribution in [0.25, 0.3) is 0 Å². The Hall–Kier alpha value is -1.02. The Morgan fingerprint density at radius 1 is 1.11 bits per heavy atom. The first-order chi connectivity index (χ1) is 8.83. The van der Waals surface area contributed by atoms with Crippen molar-refractivity contribution < 1.29 is 4.74 Å². The van der Waals surface area contributed by atoms with E-state index in [0.29, 0.717) is 6.04 Å². The molecule has 1 aromatic carbocycles. The standard InChI is InChI=1S/C16H27NO/c1-4-6-7-11-15(17-13-5-2)14-10-8-9-12-16(14)18-3/h8-10,12,15,17H,4-7,11,13H2,1-3H3. The highest BCUT2D eigenvalue weighted by molar-refractivity contribution is 5.35. The Labute approximate surface area is 112 Å². The molecule has 0 amide bonds. The molecule has 0 heterocycles. The first kappa shape index (κ1) is 15.0. The van der Waals surface area contributed by atoms with Gasteiger partial charge in [0.1, 0.15) is 5.75 Å². The summed E-state index contributed by atoms with van der Waals surface area (Å²) >= 11 is 0. The largest absolute Gasteiger partial charge is 0.496 e. The van der Waals surface area contributed by atoms with Gasteiger partial charge < -0.3 is 10.1 Å². The molecule has 1 N–H and O–H groups in total. The molecule has 0 saturated carbocycles. The number of unbranched alkanes of at least 4 members (excludes halogenated alkanes) is 2. The Kier molecular flexibility index (Phi) is 7.51. The fraction of sp³-hybridized carbons (Fsp3) is 0.625. The Balaban J connectivity index is 2.72. The third-order valence-corrected chi connectivity index (χ3v) is 3.25. The molecule has 0 saturated heterocycles. The minimum Gasteiger partial charge on any atom is -0.496 e. The van der Waals surface area contributed by atoms with E-state index in [4.69, 9.17) is 4.74 Å². The number of ether oxygens (including phenoxy) is 1. The van der Waals surface area contributed by atoms with Crippen LogP contribution in [0.4, 0.5) is 0 Å². The maximum Gasteiger partial charge on any atom is 0.123 e. The average Bonchev–Trinajstić information content (AvgIpc) is 2.42. The van der Waals surface area contributed by atoms with E-state index in [-0.39, 0.29) is 0 Å². The summed E-state index contributed by atoms with van der Waals surface area (Å²) in [5.41, 5.74) is 1.30. The van der Waals surface area contributed by atoms with Gasteiger partial charge in [-0.3, -0.25) is 0 Å². The molecule has 1 rings (SSSR count).